The molecule has 6 heteroatoms. The quantitative estimate of drug-likeness (QED) is 0.836. The Morgan fingerprint density at radius 3 is 3.06 bits per heavy atom. The average molecular weight is 248 g/mol. The van der Waals surface area contributed by atoms with E-state index < -0.39 is 5.60 Å². The Morgan fingerprint density at radius 2 is 2.22 bits per heavy atom. The van der Waals surface area contributed by atoms with Gasteiger partial charge in [0.1, 0.15) is 5.52 Å². The second-order valence-electron chi connectivity index (χ2n) is 4.63. The third kappa shape index (κ3) is 2.16. The van der Waals surface area contributed by atoms with Gasteiger partial charge in [-0.2, -0.15) is 5.10 Å². The SMILES string of the molecule is OC1(CNc2nccn3nccc23)CCOCC1. The molecule has 96 valence electrons. The molecule has 0 saturated carbocycles. The van der Waals surface area contributed by atoms with Gasteiger partial charge in [-0.1, -0.05) is 0 Å². The van der Waals surface area contributed by atoms with Crippen LogP contribution in [0.15, 0.2) is 24.7 Å². The van der Waals surface area contributed by atoms with Crippen molar-refractivity contribution in [1.29, 1.82) is 0 Å². The van der Waals surface area contributed by atoms with Crippen LogP contribution < -0.4 is 5.32 Å². The highest BCUT2D eigenvalue weighted by atomic mass is 16.5. The fourth-order valence-electron chi connectivity index (χ4n) is 2.17. The molecule has 0 bridgehead atoms. The van der Waals surface area contributed by atoms with Gasteiger partial charge in [0.25, 0.3) is 0 Å². The summed E-state index contributed by atoms with van der Waals surface area (Å²) in [6.45, 7) is 1.71. The zero-order valence-corrected chi connectivity index (χ0v) is 10.0. The third-order valence-electron chi connectivity index (χ3n) is 3.33. The van der Waals surface area contributed by atoms with Crippen LogP contribution in [0.2, 0.25) is 0 Å². The first kappa shape index (κ1) is 11.4. The lowest BCUT2D eigenvalue weighted by molar-refractivity contribution is -0.0543. The number of hydrogen-bond acceptors (Lipinski definition) is 5. The van der Waals surface area contributed by atoms with E-state index in [-0.39, 0.29) is 0 Å². The topological polar surface area (TPSA) is 71.7 Å². The highest BCUT2D eigenvalue weighted by molar-refractivity contribution is 5.66. The summed E-state index contributed by atoms with van der Waals surface area (Å²) in [7, 11) is 0. The molecule has 18 heavy (non-hydrogen) atoms. The lowest BCUT2D eigenvalue weighted by Crippen LogP contribution is -2.42. The van der Waals surface area contributed by atoms with Crippen LogP contribution in [0.1, 0.15) is 12.8 Å². The molecule has 0 aliphatic carbocycles. The molecule has 0 amide bonds. The number of nitrogens with zero attached hydrogens (tertiary/aromatic N) is 3. The van der Waals surface area contributed by atoms with E-state index >= 15 is 0 Å². The van der Waals surface area contributed by atoms with Crippen molar-refractivity contribution in [2.45, 2.75) is 18.4 Å². The van der Waals surface area contributed by atoms with Crippen LogP contribution in [-0.4, -0.2) is 45.1 Å². The van der Waals surface area contributed by atoms with Gasteiger partial charge in [0, 0.05) is 45.0 Å². The number of hydrogen-bond donors (Lipinski definition) is 2. The van der Waals surface area contributed by atoms with Gasteiger partial charge in [-0.3, -0.25) is 0 Å². The van der Waals surface area contributed by atoms with Crippen molar-refractivity contribution in [1.82, 2.24) is 14.6 Å². The summed E-state index contributed by atoms with van der Waals surface area (Å²) in [4.78, 5) is 4.28. The number of ether oxygens (including phenoxy) is 1. The minimum absolute atomic E-state index is 0.480. The number of nitrogens with one attached hydrogen (secondary N) is 1. The van der Waals surface area contributed by atoms with Gasteiger partial charge in [-0.05, 0) is 6.07 Å². The Morgan fingerprint density at radius 1 is 1.39 bits per heavy atom. The number of anilines is 1. The van der Waals surface area contributed by atoms with Crippen LogP contribution in [0.4, 0.5) is 5.82 Å². The summed E-state index contributed by atoms with van der Waals surface area (Å²) in [6.07, 6.45) is 6.52. The number of aromatic nitrogens is 3. The highest BCUT2D eigenvalue weighted by Crippen LogP contribution is 2.21. The van der Waals surface area contributed by atoms with Crippen LogP contribution in [0.25, 0.3) is 5.52 Å². The van der Waals surface area contributed by atoms with Crippen molar-refractivity contribution in [2.24, 2.45) is 0 Å². The van der Waals surface area contributed by atoms with Gasteiger partial charge in [-0.15, -0.1) is 0 Å². The molecule has 0 aromatic carbocycles. The van der Waals surface area contributed by atoms with Crippen molar-refractivity contribution < 1.29 is 9.84 Å². The van der Waals surface area contributed by atoms with Gasteiger partial charge < -0.3 is 15.2 Å². The maximum Gasteiger partial charge on any atom is 0.152 e. The normalized spacial score (nSPS) is 18.9. The summed E-state index contributed by atoms with van der Waals surface area (Å²) in [5.74, 6) is 0.745. The van der Waals surface area contributed by atoms with Gasteiger partial charge in [0.2, 0.25) is 0 Å². The van der Waals surface area contributed by atoms with Crippen LogP contribution >= 0.6 is 0 Å². The first-order chi connectivity index (χ1) is 8.77. The molecule has 3 heterocycles. The van der Waals surface area contributed by atoms with Gasteiger partial charge >= 0.3 is 0 Å². The molecular weight excluding hydrogens is 232 g/mol. The maximum atomic E-state index is 10.4. The molecule has 1 aliphatic rings. The van der Waals surface area contributed by atoms with E-state index in [9.17, 15) is 5.11 Å². The molecular formula is C12H16N4O2. The predicted molar refractivity (Wildman–Crippen MR) is 66.5 cm³/mol. The van der Waals surface area contributed by atoms with Gasteiger partial charge in [0.05, 0.1) is 11.8 Å². The van der Waals surface area contributed by atoms with Crippen molar-refractivity contribution in [3.05, 3.63) is 24.7 Å². The molecule has 1 fully saturated rings. The summed E-state index contributed by atoms with van der Waals surface area (Å²) in [5.41, 5.74) is 0.209. The molecule has 2 aromatic rings. The zero-order valence-electron chi connectivity index (χ0n) is 10.0. The summed E-state index contributed by atoms with van der Waals surface area (Å²) in [5, 5.41) is 17.7. The summed E-state index contributed by atoms with van der Waals surface area (Å²) in [6, 6.07) is 1.89. The Bertz CT molecular complexity index is 534. The predicted octanol–water partition coefficient (Wildman–Crippen LogP) is 0.683. The van der Waals surface area contributed by atoms with E-state index in [0.29, 0.717) is 32.6 Å². The second-order valence-corrected chi connectivity index (χ2v) is 4.63. The van der Waals surface area contributed by atoms with Crippen LogP contribution in [0, 0.1) is 0 Å². The molecule has 1 saturated heterocycles. The molecule has 6 nitrogen and oxygen atoms in total. The molecule has 1 aliphatic heterocycles. The van der Waals surface area contributed by atoms with Crippen molar-refractivity contribution in [3.8, 4) is 0 Å². The van der Waals surface area contributed by atoms with E-state index in [0.717, 1.165) is 11.3 Å². The van der Waals surface area contributed by atoms with Crippen LogP contribution in [-0.2, 0) is 4.74 Å². The standard InChI is InChI=1S/C12H16N4O2/c17-12(2-7-18-8-3-12)9-14-11-10-1-4-15-16(10)6-5-13-11/h1,4-6,17H,2-3,7-9H2,(H,13,14). The average Bonchev–Trinajstić information content (AvgIpc) is 2.86. The zero-order chi connectivity index (χ0) is 12.4. The Kier molecular flexibility index (Phi) is 2.89. The van der Waals surface area contributed by atoms with E-state index in [1.807, 2.05) is 6.07 Å². The molecule has 3 rings (SSSR count). The molecule has 0 radical (unpaired) electrons. The number of rotatable bonds is 3. The fourth-order valence-corrected chi connectivity index (χ4v) is 2.17. The third-order valence-corrected chi connectivity index (χ3v) is 3.33. The molecule has 0 unspecified atom stereocenters. The monoisotopic (exact) mass is 248 g/mol. The molecule has 0 spiro atoms. The van der Waals surface area contributed by atoms with Crippen molar-refractivity contribution >= 4 is 11.3 Å². The first-order valence-corrected chi connectivity index (χ1v) is 6.09. The van der Waals surface area contributed by atoms with E-state index in [4.69, 9.17) is 4.74 Å². The minimum atomic E-state index is -0.702. The van der Waals surface area contributed by atoms with Crippen molar-refractivity contribution in [3.63, 3.8) is 0 Å². The smallest absolute Gasteiger partial charge is 0.152 e. The minimum Gasteiger partial charge on any atom is -0.388 e. The van der Waals surface area contributed by atoms with Crippen LogP contribution in [0.3, 0.4) is 0 Å². The summed E-state index contributed by atoms with van der Waals surface area (Å²) >= 11 is 0. The summed E-state index contributed by atoms with van der Waals surface area (Å²) < 4.78 is 7.01. The lowest BCUT2D eigenvalue weighted by atomic mass is 9.94. The lowest BCUT2D eigenvalue weighted by Gasteiger charge is -2.32. The number of fused-ring (bicyclic) bond motifs is 1. The largest absolute Gasteiger partial charge is 0.388 e. The van der Waals surface area contributed by atoms with Crippen LogP contribution in [0.5, 0.6) is 0 Å². The molecule has 2 aromatic heterocycles. The second kappa shape index (κ2) is 4.55. The maximum absolute atomic E-state index is 10.4. The van der Waals surface area contributed by atoms with Gasteiger partial charge in [-0.25, -0.2) is 9.50 Å². The number of aliphatic hydroxyl groups is 1. The first-order valence-electron chi connectivity index (χ1n) is 6.09. The van der Waals surface area contributed by atoms with E-state index in [2.05, 4.69) is 15.4 Å². The van der Waals surface area contributed by atoms with E-state index in [1.165, 1.54) is 0 Å². The molecule has 2 N–H and O–H groups in total. The highest BCUT2D eigenvalue weighted by Gasteiger charge is 2.29. The Labute approximate surface area is 105 Å². The Hall–Kier alpha value is -1.66. The van der Waals surface area contributed by atoms with Crippen molar-refractivity contribution in [2.75, 3.05) is 25.1 Å². The molecule has 0 atom stereocenters. The van der Waals surface area contributed by atoms with E-state index in [1.54, 1.807) is 23.1 Å². The van der Waals surface area contributed by atoms with Gasteiger partial charge in [0.15, 0.2) is 5.82 Å². The fraction of sp³-hybridized carbons (Fsp3) is 0.500. The Balaban J connectivity index is 1.74.